The zero-order valence-electron chi connectivity index (χ0n) is 17.2. The Kier molecular flexibility index (Phi) is 4.11. The number of H-pyrrole nitrogens is 1. The summed E-state index contributed by atoms with van der Waals surface area (Å²) in [7, 11) is 0. The van der Waals surface area contributed by atoms with Gasteiger partial charge >= 0.3 is 0 Å². The number of nitrogens with one attached hydrogen (secondary N) is 1. The highest BCUT2D eigenvalue weighted by molar-refractivity contribution is 9.10. The summed E-state index contributed by atoms with van der Waals surface area (Å²) in [6.45, 7) is 8.94. The summed E-state index contributed by atoms with van der Waals surface area (Å²) in [6, 6.07) is 24.7. The van der Waals surface area contributed by atoms with Crippen molar-refractivity contribution in [3.05, 3.63) is 82.3 Å². The molecule has 0 saturated heterocycles. The number of aromatic amines is 1. The molecule has 0 bridgehead atoms. The van der Waals surface area contributed by atoms with Gasteiger partial charge in [-0.15, -0.1) is 0 Å². The maximum atomic E-state index is 3.72. The number of hydrogen-bond acceptors (Lipinski definition) is 0. The third-order valence-corrected chi connectivity index (χ3v) is 6.47. The molecule has 1 aromatic heterocycles. The highest BCUT2D eigenvalue weighted by atomic mass is 79.9. The number of aromatic nitrogens is 1. The lowest BCUT2D eigenvalue weighted by molar-refractivity contribution is 0.590. The molecule has 2 heteroatoms. The van der Waals surface area contributed by atoms with Gasteiger partial charge in [0.15, 0.2) is 0 Å². The van der Waals surface area contributed by atoms with Crippen molar-refractivity contribution in [2.75, 3.05) is 0 Å². The van der Waals surface area contributed by atoms with Crippen molar-refractivity contribution in [3.8, 4) is 11.1 Å². The molecule has 0 spiro atoms. The molecule has 0 fully saturated rings. The molecular weight excluding hydrogens is 418 g/mol. The third-order valence-electron chi connectivity index (χ3n) is 5.85. The summed E-state index contributed by atoms with van der Waals surface area (Å²) in [6.07, 6.45) is 0. The zero-order valence-corrected chi connectivity index (χ0v) is 18.8. The van der Waals surface area contributed by atoms with Crippen molar-refractivity contribution in [1.29, 1.82) is 0 Å². The summed E-state index contributed by atoms with van der Waals surface area (Å²) in [5.41, 5.74) is 7.66. The van der Waals surface area contributed by atoms with Gasteiger partial charge in [0.25, 0.3) is 0 Å². The van der Waals surface area contributed by atoms with Crippen molar-refractivity contribution in [2.45, 2.75) is 33.1 Å². The summed E-state index contributed by atoms with van der Waals surface area (Å²) in [5.74, 6) is 0. The first kappa shape index (κ1) is 18.4. The van der Waals surface area contributed by atoms with Crippen LogP contribution in [0.4, 0.5) is 0 Å². The first-order chi connectivity index (χ1) is 13.8. The van der Waals surface area contributed by atoms with Crippen LogP contribution in [0.15, 0.2) is 71.2 Å². The number of halogens is 1. The van der Waals surface area contributed by atoms with E-state index in [9.17, 15) is 0 Å². The SMILES string of the molecule is Cc1cc(Br)c2[nH]c3ccc4cc(-c5cccc(C(C)(C)C)c5)ccc4c3c2c1. The molecule has 0 aliphatic heterocycles. The van der Waals surface area contributed by atoms with E-state index in [1.807, 2.05) is 0 Å². The molecule has 0 aliphatic rings. The Bertz CT molecular complexity index is 1400. The lowest BCUT2D eigenvalue weighted by Crippen LogP contribution is -2.10. The van der Waals surface area contributed by atoms with Gasteiger partial charge in [-0.05, 0) is 85.6 Å². The van der Waals surface area contributed by atoms with Crippen molar-refractivity contribution < 1.29 is 0 Å². The Labute approximate surface area is 179 Å². The topological polar surface area (TPSA) is 15.8 Å². The standard InChI is InChI=1S/C27H24BrN/c1-16-12-22-25-21-10-8-18(17-6-5-7-20(15-17)27(2,3)4)14-19(21)9-11-24(25)29-26(22)23(28)13-16/h5-15,29H,1-4H3. The predicted molar refractivity (Wildman–Crippen MR) is 130 cm³/mol. The number of fused-ring (bicyclic) bond motifs is 5. The van der Waals surface area contributed by atoms with Gasteiger partial charge in [-0.2, -0.15) is 0 Å². The average molecular weight is 442 g/mol. The molecular formula is C27H24BrN. The van der Waals surface area contributed by atoms with Crippen LogP contribution in [0.1, 0.15) is 31.9 Å². The normalized spacial score (nSPS) is 12.3. The fourth-order valence-corrected chi connectivity index (χ4v) is 4.94. The van der Waals surface area contributed by atoms with Crippen LogP contribution >= 0.6 is 15.9 Å². The fourth-order valence-electron chi connectivity index (χ4n) is 4.27. The van der Waals surface area contributed by atoms with Crippen molar-refractivity contribution >= 4 is 48.5 Å². The fraction of sp³-hybridized carbons (Fsp3) is 0.185. The highest BCUT2D eigenvalue weighted by Gasteiger charge is 2.15. The first-order valence-corrected chi connectivity index (χ1v) is 10.9. The maximum absolute atomic E-state index is 3.72. The van der Waals surface area contributed by atoms with Gasteiger partial charge in [-0.3, -0.25) is 0 Å². The summed E-state index contributed by atoms with van der Waals surface area (Å²) < 4.78 is 1.12. The van der Waals surface area contributed by atoms with E-state index in [1.165, 1.54) is 54.8 Å². The summed E-state index contributed by atoms with van der Waals surface area (Å²) >= 11 is 3.72. The molecule has 0 unspecified atom stereocenters. The first-order valence-electron chi connectivity index (χ1n) is 10.1. The van der Waals surface area contributed by atoms with Crippen LogP contribution in [0, 0.1) is 6.92 Å². The third kappa shape index (κ3) is 3.07. The largest absolute Gasteiger partial charge is 0.354 e. The molecule has 5 rings (SSSR count). The Morgan fingerprint density at radius 2 is 1.59 bits per heavy atom. The van der Waals surface area contributed by atoms with Crippen LogP contribution in [0.3, 0.4) is 0 Å². The molecule has 0 radical (unpaired) electrons. The molecule has 144 valence electrons. The van der Waals surface area contributed by atoms with E-state index in [0.29, 0.717) is 0 Å². The number of rotatable bonds is 1. The average Bonchev–Trinajstić information content (AvgIpc) is 3.06. The van der Waals surface area contributed by atoms with Gasteiger partial charge in [0.1, 0.15) is 0 Å². The van der Waals surface area contributed by atoms with Crippen molar-refractivity contribution in [2.24, 2.45) is 0 Å². The molecule has 0 amide bonds. The van der Waals surface area contributed by atoms with Gasteiger partial charge in [0.2, 0.25) is 0 Å². The van der Waals surface area contributed by atoms with E-state index < -0.39 is 0 Å². The molecule has 1 heterocycles. The summed E-state index contributed by atoms with van der Waals surface area (Å²) in [4.78, 5) is 3.59. The maximum Gasteiger partial charge on any atom is 0.0609 e. The molecule has 29 heavy (non-hydrogen) atoms. The second-order valence-corrected chi connectivity index (χ2v) is 9.90. The van der Waals surface area contributed by atoms with Crippen molar-refractivity contribution in [1.82, 2.24) is 4.98 Å². The Morgan fingerprint density at radius 1 is 0.793 bits per heavy atom. The molecule has 1 N–H and O–H groups in total. The second kappa shape index (κ2) is 6.47. The monoisotopic (exact) mass is 441 g/mol. The zero-order chi connectivity index (χ0) is 20.3. The molecule has 0 saturated carbocycles. The minimum atomic E-state index is 0.147. The number of hydrogen-bond donors (Lipinski definition) is 1. The minimum Gasteiger partial charge on any atom is -0.354 e. The number of aryl methyl sites for hydroxylation is 1. The smallest absolute Gasteiger partial charge is 0.0609 e. The highest BCUT2D eigenvalue weighted by Crippen LogP contribution is 2.37. The second-order valence-electron chi connectivity index (χ2n) is 9.05. The van der Waals surface area contributed by atoms with Gasteiger partial charge in [0.05, 0.1) is 5.52 Å². The van der Waals surface area contributed by atoms with Crippen LogP contribution < -0.4 is 0 Å². The van der Waals surface area contributed by atoms with Gasteiger partial charge in [-0.25, -0.2) is 0 Å². The Balaban J connectivity index is 1.75. The van der Waals surface area contributed by atoms with Gasteiger partial charge < -0.3 is 4.98 Å². The lowest BCUT2D eigenvalue weighted by atomic mass is 9.85. The van der Waals surface area contributed by atoms with E-state index in [2.05, 4.69) is 115 Å². The molecule has 5 aromatic rings. The van der Waals surface area contributed by atoms with Crippen LogP contribution in [0.5, 0.6) is 0 Å². The van der Waals surface area contributed by atoms with Crippen molar-refractivity contribution in [3.63, 3.8) is 0 Å². The van der Waals surface area contributed by atoms with E-state index >= 15 is 0 Å². The van der Waals surface area contributed by atoms with E-state index in [1.54, 1.807) is 0 Å². The van der Waals surface area contributed by atoms with Crippen LogP contribution in [0.2, 0.25) is 0 Å². The van der Waals surface area contributed by atoms with Crippen LogP contribution in [-0.4, -0.2) is 4.98 Å². The Hall–Kier alpha value is -2.58. The van der Waals surface area contributed by atoms with Crippen LogP contribution in [0.25, 0.3) is 43.7 Å². The molecule has 0 atom stereocenters. The Morgan fingerprint density at radius 3 is 2.38 bits per heavy atom. The minimum absolute atomic E-state index is 0.147. The number of benzene rings is 4. The van der Waals surface area contributed by atoms with E-state index in [-0.39, 0.29) is 5.41 Å². The van der Waals surface area contributed by atoms with Crippen LogP contribution in [-0.2, 0) is 5.41 Å². The van der Waals surface area contributed by atoms with E-state index in [4.69, 9.17) is 0 Å². The summed E-state index contributed by atoms with van der Waals surface area (Å²) in [5, 5.41) is 5.15. The molecule has 1 nitrogen and oxygen atoms in total. The quantitative estimate of drug-likeness (QED) is 0.268. The molecule has 4 aromatic carbocycles. The van der Waals surface area contributed by atoms with E-state index in [0.717, 1.165) is 4.47 Å². The lowest BCUT2D eigenvalue weighted by Gasteiger charge is -2.20. The van der Waals surface area contributed by atoms with Gasteiger partial charge in [0, 0.05) is 20.8 Å². The van der Waals surface area contributed by atoms with Gasteiger partial charge in [-0.1, -0.05) is 63.2 Å². The predicted octanol–water partition coefficient (Wildman–Crippen LogP) is 8.51. The molecule has 0 aliphatic carbocycles.